The van der Waals surface area contributed by atoms with Gasteiger partial charge in [0, 0.05) is 13.0 Å². The molecule has 1 rings (SSSR count). The molecule has 0 radical (unpaired) electrons. The maximum atomic E-state index is 13.6. The molecule has 1 aliphatic heterocycles. The minimum absolute atomic E-state index is 0.102. The van der Waals surface area contributed by atoms with Crippen LogP contribution < -0.4 is 0 Å². The van der Waals surface area contributed by atoms with Crippen LogP contribution in [0.15, 0.2) is 12.3 Å². The Morgan fingerprint density at radius 1 is 1.64 bits per heavy atom. The van der Waals surface area contributed by atoms with Crippen molar-refractivity contribution in [1.29, 1.82) is 0 Å². The predicted molar refractivity (Wildman–Crippen MR) is 55.9 cm³/mol. The lowest BCUT2D eigenvalue weighted by Gasteiger charge is -2.32. The summed E-state index contributed by atoms with van der Waals surface area (Å²) in [7, 11) is 1.96. The third kappa shape index (κ3) is 3.29. The van der Waals surface area contributed by atoms with Crippen LogP contribution in [-0.2, 0) is 4.74 Å². The zero-order valence-corrected chi connectivity index (χ0v) is 9.13. The Hall–Kier alpha value is -0.570. The van der Waals surface area contributed by atoms with Gasteiger partial charge in [-0.25, -0.2) is 4.39 Å². The summed E-state index contributed by atoms with van der Waals surface area (Å²) in [6, 6.07) is 0. The van der Waals surface area contributed by atoms with Crippen LogP contribution in [0.1, 0.15) is 19.8 Å². The third-order valence-corrected chi connectivity index (χ3v) is 2.72. The molecule has 0 unspecified atom stereocenters. The Morgan fingerprint density at radius 2 is 2.36 bits per heavy atom. The number of hydrogen-bond acceptors (Lipinski definition) is 2. The first-order valence-electron chi connectivity index (χ1n) is 5.26. The van der Waals surface area contributed by atoms with E-state index in [4.69, 9.17) is 4.74 Å². The van der Waals surface area contributed by atoms with Crippen molar-refractivity contribution in [3.8, 4) is 0 Å². The summed E-state index contributed by atoms with van der Waals surface area (Å²) in [5.41, 5.74) is 0. The molecule has 0 amide bonds. The Kier molecular flexibility index (Phi) is 4.39. The van der Waals surface area contributed by atoms with Gasteiger partial charge in [-0.2, -0.15) is 0 Å². The summed E-state index contributed by atoms with van der Waals surface area (Å²) in [6.45, 7) is 7.86. The van der Waals surface area contributed by atoms with E-state index in [1.54, 1.807) is 0 Å². The molecule has 1 heterocycles. The van der Waals surface area contributed by atoms with Crippen LogP contribution in [0.3, 0.4) is 0 Å². The van der Waals surface area contributed by atoms with E-state index < -0.39 is 6.17 Å². The molecule has 2 nitrogen and oxygen atoms in total. The third-order valence-electron chi connectivity index (χ3n) is 2.72. The molecule has 0 bridgehead atoms. The van der Waals surface area contributed by atoms with Gasteiger partial charge in [-0.3, -0.25) is 0 Å². The summed E-state index contributed by atoms with van der Waals surface area (Å²) in [5.74, 6) is 0.829. The van der Waals surface area contributed by atoms with Gasteiger partial charge in [0.05, 0.1) is 12.4 Å². The Labute approximate surface area is 85.7 Å². The molecule has 0 N–H and O–H groups in total. The molecule has 2 atom stereocenters. The molecule has 0 aromatic heterocycles. The van der Waals surface area contributed by atoms with Crippen molar-refractivity contribution in [3.63, 3.8) is 0 Å². The lowest BCUT2D eigenvalue weighted by atomic mass is 9.91. The summed E-state index contributed by atoms with van der Waals surface area (Å²) in [5, 5.41) is 0. The van der Waals surface area contributed by atoms with Crippen molar-refractivity contribution >= 4 is 0 Å². The fourth-order valence-corrected chi connectivity index (χ4v) is 1.89. The second-order valence-corrected chi connectivity index (χ2v) is 4.00. The van der Waals surface area contributed by atoms with Gasteiger partial charge in [-0.05, 0) is 32.9 Å². The van der Waals surface area contributed by atoms with Gasteiger partial charge in [-0.1, -0.05) is 6.58 Å². The molecule has 1 fully saturated rings. The topological polar surface area (TPSA) is 12.5 Å². The number of likely N-dealkylation sites (tertiary alicyclic amines) is 1. The standard InChI is InChI=1S/C11H20FNO/c1-4-14-9(2)7-10-5-6-13(3)8-11(10)12/h10-11H,2,4-8H2,1,3H3/t10-,11-/m1/s1. The fraction of sp³-hybridized carbons (Fsp3) is 0.818. The second kappa shape index (κ2) is 5.35. The highest BCUT2D eigenvalue weighted by Gasteiger charge is 2.27. The minimum Gasteiger partial charge on any atom is -0.499 e. The van der Waals surface area contributed by atoms with E-state index in [1.165, 1.54) is 0 Å². The molecule has 0 aliphatic carbocycles. The first-order valence-corrected chi connectivity index (χ1v) is 5.26. The molecule has 0 spiro atoms. The van der Waals surface area contributed by atoms with E-state index in [0.717, 1.165) is 18.7 Å². The Morgan fingerprint density at radius 3 is 2.93 bits per heavy atom. The summed E-state index contributed by atoms with van der Waals surface area (Å²) in [6.07, 6.45) is 0.845. The molecule has 1 aliphatic rings. The van der Waals surface area contributed by atoms with E-state index in [1.807, 2.05) is 18.9 Å². The number of halogens is 1. The van der Waals surface area contributed by atoms with Gasteiger partial charge in [0.15, 0.2) is 0 Å². The van der Waals surface area contributed by atoms with Crippen LogP contribution in [0.4, 0.5) is 4.39 Å². The number of piperidine rings is 1. The quantitative estimate of drug-likeness (QED) is 0.647. The van der Waals surface area contributed by atoms with Crippen molar-refractivity contribution in [2.45, 2.75) is 25.9 Å². The zero-order chi connectivity index (χ0) is 10.6. The number of ether oxygens (including phenoxy) is 1. The molecule has 0 aromatic carbocycles. The molecular weight excluding hydrogens is 181 g/mol. The van der Waals surface area contributed by atoms with Crippen LogP contribution in [0.5, 0.6) is 0 Å². The molecule has 82 valence electrons. The van der Waals surface area contributed by atoms with E-state index in [9.17, 15) is 4.39 Å². The number of rotatable bonds is 4. The van der Waals surface area contributed by atoms with Gasteiger partial charge in [-0.15, -0.1) is 0 Å². The highest BCUT2D eigenvalue weighted by molar-refractivity contribution is 4.90. The first kappa shape index (κ1) is 11.5. The smallest absolute Gasteiger partial charge is 0.116 e. The normalized spacial score (nSPS) is 28.8. The van der Waals surface area contributed by atoms with Crippen LogP contribution >= 0.6 is 0 Å². The van der Waals surface area contributed by atoms with E-state index in [2.05, 4.69) is 6.58 Å². The average Bonchev–Trinajstić information content (AvgIpc) is 2.10. The number of alkyl halides is 1. The van der Waals surface area contributed by atoms with E-state index in [-0.39, 0.29) is 5.92 Å². The van der Waals surface area contributed by atoms with Crippen LogP contribution in [-0.4, -0.2) is 37.8 Å². The summed E-state index contributed by atoms with van der Waals surface area (Å²) in [4.78, 5) is 2.03. The number of nitrogens with zero attached hydrogens (tertiary/aromatic N) is 1. The average molecular weight is 201 g/mol. The summed E-state index contributed by atoms with van der Waals surface area (Å²) >= 11 is 0. The number of hydrogen-bond donors (Lipinski definition) is 0. The summed E-state index contributed by atoms with van der Waals surface area (Å²) < 4.78 is 18.8. The van der Waals surface area contributed by atoms with Crippen molar-refractivity contribution in [2.75, 3.05) is 26.7 Å². The van der Waals surface area contributed by atoms with Gasteiger partial charge < -0.3 is 9.64 Å². The number of allylic oxidation sites excluding steroid dienone is 1. The predicted octanol–water partition coefficient (Wildman–Crippen LogP) is 2.22. The molecule has 1 saturated heterocycles. The van der Waals surface area contributed by atoms with Crippen LogP contribution in [0.2, 0.25) is 0 Å². The molecule has 14 heavy (non-hydrogen) atoms. The highest BCUT2D eigenvalue weighted by atomic mass is 19.1. The van der Waals surface area contributed by atoms with Crippen molar-refractivity contribution in [2.24, 2.45) is 5.92 Å². The monoisotopic (exact) mass is 201 g/mol. The minimum atomic E-state index is -0.731. The van der Waals surface area contributed by atoms with Gasteiger partial charge in [0.25, 0.3) is 0 Å². The Balaban J connectivity index is 2.33. The lowest BCUT2D eigenvalue weighted by molar-refractivity contribution is 0.0885. The van der Waals surface area contributed by atoms with E-state index >= 15 is 0 Å². The van der Waals surface area contributed by atoms with Gasteiger partial charge in [0.2, 0.25) is 0 Å². The lowest BCUT2D eigenvalue weighted by Crippen LogP contribution is -2.39. The maximum Gasteiger partial charge on any atom is 0.116 e. The molecule has 0 saturated carbocycles. The first-order chi connectivity index (χ1) is 6.63. The van der Waals surface area contributed by atoms with Crippen LogP contribution in [0.25, 0.3) is 0 Å². The molecular formula is C11H20FNO. The molecule has 3 heteroatoms. The van der Waals surface area contributed by atoms with Crippen molar-refractivity contribution in [1.82, 2.24) is 4.90 Å². The van der Waals surface area contributed by atoms with Gasteiger partial charge in [0.1, 0.15) is 6.17 Å². The Bertz CT molecular complexity index is 196. The fourth-order valence-electron chi connectivity index (χ4n) is 1.89. The van der Waals surface area contributed by atoms with Crippen LogP contribution in [0, 0.1) is 5.92 Å². The van der Waals surface area contributed by atoms with Crippen molar-refractivity contribution in [3.05, 3.63) is 12.3 Å². The zero-order valence-electron chi connectivity index (χ0n) is 9.13. The largest absolute Gasteiger partial charge is 0.499 e. The second-order valence-electron chi connectivity index (χ2n) is 4.00. The van der Waals surface area contributed by atoms with Crippen molar-refractivity contribution < 1.29 is 9.13 Å². The highest BCUT2D eigenvalue weighted by Crippen LogP contribution is 2.25. The SMILES string of the molecule is C=C(C[C@H]1CCN(C)C[C@H]1F)OCC. The van der Waals surface area contributed by atoms with Gasteiger partial charge >= 0.3 is 0 Å². The molecule has 0 aromatic rings. The maximum absolute atomic E-state index is 13.6. The van der Waals surface area contributed by atoms with E-state index in [0.29, 0.717) is 19.6 Å².